The molecule has 1 unspecified atom stereocenters. The Morgan fingerprint density at radius 1 is 1.44 bits per heavy atom. The van der Waals surface area contributed by atoms with Crippen LogP contribution in [0.4, 0.5) is 0 Å². The van der Waals surface area contributed by atoms with Crippen molar-refractivity contribution >= 4 is 12.0 Å². The number of likely N-dealkylation sites (tertiary alicyclic amines) is 1. The Kier molecular flexibility index (Phi) is 3.82. The number of carbonyl (C=O) groups is 1. The zero-order valence-electron chi connectivity index (χ0n) is 10.9. The fourth-order valence-electron chi connectivity index (χ4n) is 2.22. The second-order valence-corrected chi connectivity index (χ2v) is 4.92. The van der Waals surface area contributed by atoms with Gasteiger partial charge in [-0.3, -0.25) is 4.79 Å². The second kappa shape index (κ2) is 5.36. The third kappa shape index (κ3) is 2.99. The number of hydrogen-bond donors (Lipinski definition) is 1. The van der Waals surface area contributed by atoms with Crippen molar-refractivity contribution in [2.75, 3.05) is 13.1 Å². The molecule has 3 heteroatoms. The first-order valence-corrected chi connectivity index (χ1v) is 6.28. The Bertz CT molecular complexity index is 479. The third-order valence-electron chi connectivity index (χ3n) is 3.31. The van der Waals surface area contributed by atoms with Gasteiger partial charge in [0.1, 0.15) is 0 Å². The fraction of sp³-hybridized carbons (Fsp3) is 0.400. The van der Waals surface area contributed by atoms with Gasteiger partial charge in [0.2, 0.25) is 5.91 Å². The van der Waals surface area contributed by atoms with Crippen molar-refractivity contribution in [2.24, 2.45) is 0 Å². The average Bonchev–Trinajstić information content (AvgIpc) is 2.74. The number of aryl methyl sites for hydroxylation is 2. The molecule has 1 aliphatic rings. The van der Waals surface area contributed by atoms with Gasteiger partial charge < -0.3 is 10.0 Å². The van der Waals surface area contributed by atoms with E-state index in [0.717, 1.165) is 5.56 Å². The van der Waals surface area contributed by atoms with Gasteiger partial charge in [0, 0.05) is 19.2 Å². The number of rotatable bonds is 2. The lowest BCUT2D eigenvalue weighted by molar-refractivity contribution is -0.125. The summed E-state index contributed by atoms with van der Waals surface area (Å²) < 4.78 is 0. The minimum atomic E-state index is -0.358. The molecule has 0 saturated carbocycles. The highest BCUT2D eigenvalue weighted by atomic mass is 16.3. The molecular weight excluding hydrogens is 226 g/mol. The van der Waals surface area contributed by atoms with Crippen molar-refractivity contribution in [3.8, 4) is 0 Å². The van der Waals surface area contributed by atoms with E-state index in [-0.39, 0.29) is 12.0 Å². The van der Waals surface area contributed by atoms with Gasteiger partial charge in [-0.25, -0.2) is 0 Å². The van der Waals surface area contributed by atoms with Gasteiger partial charge in [-0.2, -0.15) is 0 Å². The van der Waals surface area contributed by atoms with Gasteiger partial charge in [-0.1, -0.05) is 23.8 Å². The quantitative estimate of drug-likeness (QED) is 0.809. The summed E-state index contributed by atoms with van der Waals surface area (Å²) in [5.74, 6) is -0.0217. The van der Waals surface area contributed by atoms with Crippen LogP contribution in [0.25, 0.3) is 6.08 Å². The highest BCUT2D eigenvalue weighted by Gasteiger charge is 2.22. The van der Waals surface area contributed by atoms with Crippen LogP contribution in [0.3, 0.4) is 0 Å². The lowest BCUT2D eigenvalue weighted by Crippen LogP contribution is -2.27. The highest BCUT2D eigenvalue weighted by molar-refractivity contribution is 5.92. The number of aliphatic hydroxyl groups is 1. The molecule has 3 nitrogen and oxygen atoms in total. The first kappa shape index (κ1) is 12.8. The average molecular weight is 245 g/mol. The summed E-state index contributed by atoms with van der Waals surface area (Å²) in [7, 11) is 0. The summed E-state index contributed by atoms with van der Waals surface area (Å²) in [5.41, 5.74) is 3.45. The topological polar surface area (TPSA) is 40.5 Å². The molecule has 1 atom stereocenters. The molecule has 1 N–H and O–H groups in total. The van der Waals surface area contributed by atoms with Crippen LogP contribution in [0.1, 0.15) is 23.1 Å². The molecule has 1 amide bonds. The molecule has 1 saturated heterocycles. The SMILES string of the molecule is Cc1ccc(C=CC(=O)N2CCC(O)C2)c(C)c1. The first-order chi connectivity index (χ1) is 8.56. The lowest BCUT2D eigenvalue weighted by Gasteiger charge is -2.12. The van der Waals surface area contributed by atoms with Crippen molar-refractivity contribution in [2.45, 2.75) is 26.4 Å². The predicted octanol–water partition coefficient (Wildman–Crippen LogP) is 1.91. The van der Waals surface area contributed by atoms with Gasteiger partial charge in [0.05, 0.1) is 6.10 Å². The predicted molar refractivity (Wildman–Crippen MR) is 72.2 cm³/mol. The number of β-amino-alcohol motifs (C(OH)–C–C–N with tert-alkyl or cyclic N) is 1. The zero-order valence-corrected chi connectivity index (χ0v) is 10.9. The largest absolute Gasteiger partial charge is 0.391 e. The van der Waals surface area contributed by atoms with Crippen LogP contribution in [0.2, 0.25) is 0 Å². The lowest BCUT2D eigenvalue weighted by atomic mass is 10.1. The van der Waals surface area contributed by atoms with Gasteiger partial charge in [-0.05, 0) is 37.5 Å². The van der Waals surface area contributed by atoms with E-state index in [0.29, 0.717) is 19.5 Å². The van der Waals surface area contributed by atoms with Crippen LogP contribution in [0.5, 0.6) is 0 Å². The highest BCUT2D eigenvalue weighted by Crippen LogP contribution is 2.13. The number of hydrogen-bond acceptors (Lipinski definition) is 2. The normalized spacial score (nSPS) is 19.7. The Hall–Kier alpha value is -1.61. The molecule has 0 bridgehead atoms. The van der Waals surface area contributed by atoms with Crippen LogP contribution in [-0.2, 0) is 4.79 Å². The van der Waals surface area contributed by atoms with Crippen LogP contribution in [-0.4, -0.2) is 35.1 Å². The van der Waals surface area contributed by atoms with Crippen molar-refractivity contribution in [1.82, 2.24) is 4.90 Å². The first-order valence-electron chi connectivity index (χ1n) is 6.28. The summed E-state index contributed by atoms with van der Waals surface area (Å²) in [6.07, 6.45) is 3.77. The molecule has 1 aromatic carbocycles. The van der Waals surface area contributed by atoms with Crippen LogP contribution in [0, 0.1) is 13.8 Å². The molecular formula is C15H19NO2. The van der Waals surface area contributed by atoms with Crippen LogP contribution in [0.15, 0.2) is 24.3 Å². The maximum Gasteiger partial charge on any atom is 0.246 e. The van der Waals surface area contributed by atoms with E-state index in [1.54, 1.807) is 11.0 Å². The Morgan fingerprint density at radius 2 is 2.22 bits per heavy atom. The van der Waals surface area contributed by atoms with E-state index >= 15 is 0 Å². The third-order valence-corrected chi connectivity index (χ3v) is 3.31. The molecule has 1 heterocycles. The van der Waals surface area contributed by atoms with E-state index in [4.69, 9.17) is 0 Å². The van der Waals surface area contributed by atoms with Crippen molar-refractivity contribution < 1.29 is 9.90 Å². The van der Waals surface area contributed by atoms with Gasteiger partial charge in [0.25, 0.3) is 0 Å². The molecule has 1 fully saturated rings. The van der Waals surface area contributed by atoms with Crippen molar-refractivity contribution in [1.29, 1.82) is 0 Å². The minimum absolute atomic E-state index is 0.0217. The number of nitrogens with zero attached hydrogens (tertiary/aromatic N) is 1. The second-order valence-electron chi connectivity index (χ2n) is 4.92. The van der Waals surface area contributed by atoms with E-state index in [2.05, 4.69) is 13.0 Å². The molecule has 18 heavy (non-hydrogen) atoms. The molecule has 1 aliphatic heterocycles. The molecule has 0 aromatic heterocycles. The number of amides is 1. The minimum Gasteiger partial charge on any atom is -0.391 e. The van der Waals surface area contributed by atoms with Crippen molar-refractivity contribution in [3.63, 3.8) is 0 Å². The molecule has 0 aliphatic carbocycles. The summed E-state index contributed by atoms with van der Waals surface area (Å²) in [5, 5.41) is 9.39. The van der Waals surface area contributed by atoms with Gasteiger partial charge in [0.15, 0.2) is 0 Å². The number of benzene rings is 1. The number of carbonyl (C=O) groups excluding carboxylic acids is 1. The zero-order chi connectivity index (χ0) is 13.1. The van der Waals surface area contributed by atoms with E-state index in [1.165, 1.54) is 11.1 Å². The molecule has 1 aromatic rings. The molecule has 2 rings (SSSR count). The molecule has 0 radical (unpaired) electrons. The van der Waals surface area contributed by atoms with Crippen LogP contribution >= 0.6 is 0 Å². The van der Waals surface area contributed by atoms with Crippen molar-refractivity contribution in [3.05, 3.63) is 41.0 Å². The fourth-order valence-corrected chi connectivity index (χ4v) is 2.22. The maximum absolute atomic E-state index is 11.9. The smallest absolute Gasteiger partial charge is 0.246 e. The maximum atomic E-state index is 11.9. The number of aliphatic hydroxyl groups excluding tert-OH is 1. The van der Waals surface area contributed by atoms with E-state index < -0.39 is 0 Å². The Morgan fingerprint density at radius 3 is 2.83 bits per heavy atom. The monoisotopic (exact) mass is 245 g/mol. The Balaban J connectivity index is 2.04. The summed E-state index contributed by atoms with van der Waals surface area (Å²) in [4.78, 5) is 13.6. The molecule has 0 spiro atoms. The standard InChI is InChI=1S/C15H19NO2/c1-11-3-4-13(12(2)9-11)5-6-15(18)16-8-7-14(17)10-16/h3-6,9,14,17H,7-8,10H2,1-2H3. The summed E-state index contributed by atoms with van der Waals surface area (Å²) >= 11 is 0. The van der Waals surface area contributed by atoms with Gasteiger partial charge in [-0.15, -0.1) is 0 Å². The summed E-state index contributed by atoms with van der Waals surface area (Å²) in [6, 6.07) is 6.16. The van der Waals surface area contributed by atoms with E-state index in [1.807, 2.05) is 25.1 Å². The summed E-state index contributed by atoms with van der Waals surface area (Å²) in [6.45, 7) is 5.20. The van der Waals surface area contributed by atoms with Gasteiger partial charge >= 0.3 is 0 Å². The Labute approximate surface area is 108 Å². The van der Waals surface area contributed by atoms with E-state index in [9.17, 15) is 9.90 Å². The molecule has 96 valence electrons. The van der Waals surface area contributed by atoms with Crippen LogP contribution < -0.4 is 0 Å².